The first-order valence-corrected chi connectivity index (χ1v) is 4.86. The summed E-state index contributed by atoms with van der Waals surface area (Å²) in [6.45, 7) is 1.90. The Labute approximate surface area is 93.2 Å². The lowest BCUT2D eigenvalue weighted by molar-refractivity contribution is 0.103. The summed E-state index contributed by atoms with van der Waals surface area (Å²) in [6, 6.07) is 6.98. The molecule has 0 fully saturated rings. The summed E-state index contributed by atoms with van der Waals surface area (Å²) in [5.41, 5.74) is 7.63. The molecule has 4 nitrogen and oxygen atoms in total. The molecule has 0 saturated carbocycles. The van der Waals surface area contributed by atoms with E-state index < -0.39 is 0 Å². The first-order valence-electron chi connectivity index (χ1n) is 4.86. The van der Waals surface area contributed by atoms with Crippen molar-refractivity contribution in [1.82, 2.24) is 9.97 Å². The molecule has 0 radical (unpaired) electrons. The number of hydrogen-bond acceptors (Lipinski definition) is 4. The Hall–Kier alpha value is -2.23. The number of nitrogens with two attached hydrogens (primary N) is 1. The minimum atomic E-state index is -0.248. The Morgan fingerprint density at radius 3 is 2.62 bits per heavy atom. The van der Waals surface area contributed by atoms with Crippen LogP contribution in [0.4, 0.5) is 5.69 Å². The fourth-order valence-corrected chi connectivity index (χ4v) is 1.40. The highest BCUT2D eigenvalue weighted by Gasteiger charge is 2.14. The van der Waals surface area contributed by atoms with E-state index in [4.69, 9.17) is 5.73 Å². The lowest BCUT2D eigenvalue weighted by Crippen LogP contribution is -2.09. The minimum Gasteiger partial charge on any atom is -0.398 e. The average molecular weight is 213 g/mol. The number of benzene rings is 1. The van der Waals surface area contributed by atoms with Gasteiger partial charge >= 0.3 is 0 Å². The minimum absolute atomic E-state index is 0.166. The van der Waals surface area contributed by atoms with Crippen molar-refractivity contribution in [2.24, 2.45) is 0 Å². The van der Waals surface area contributed by atoms with Crippen LogP contribution in [-0.2, 0) is 0 Å². The standard InChI is InChI=1S/C12H11N3O/c1-8-3-4-10(13)9(7-8)11(16)12-14-5-2-6-15-12/h2-7H,13H2,1H3. The Morgan fingerprint density at radius 2 is 1.94 bits per heavy atom. The van der Waals surface area contributed by atoms with Crippen molar-refractivity contribution < 1.29 is 4.79 Å². The number of aromatic nitrogens is 2. The first-order chi connectivity index (χ1) is 7.68. The van der Waals surface area contributed by atoms with Crippen LogP contribution in [0, 0.1) is 6.92 Å². The van der Waals surface area contributed by atoms with Gasteiger partial charge in [-0.3, -0.25) is 4.79 Å². The van der Waals surface area contributed by atoms with Crippen LogP contribution in [0.25, 0.3) is 0 Å². The lowest BCUT2D eigenvalue weighted by atomic mass is 10.1. The molecule has 0 aliphatic carbocycles. The number of carbonyl (C=O) groups excluding carboxylic acids is 1. The van der Waals surface area contributed by atoms with Crippen LogP contribution in [0.15, 0.2) is 36.7 Å². The molecule has 2 rings (SSSR count). The molecule has 0 aliphatic heterocycles. The number of aryl methyl sites for hydroxylation is 1. The van der Waals surface area contributed by atoms with Gasteiger partial charge in [0.1, 0.15) is 0 Å². The number of rotatable bonds is 2. The zero-order valence-electron chi connectivity index (χ0n) is 8.84. The van der Waals surface area contributed by atoms with Crippen LogP contribution in [0.2, 0.25) is 0 Å². The van der Waals surface area contributed by atoms with E-state index >= 15 is 0 Å². The summed E-state index contributed by atoms with van der Waals surface area (Å²) in [5.74, 6) is -0.0819. The summed E-state index contributed by atoms with van der Waals surface area (Å²) in [7, 11) is 0. The second kappa shape index (κ2) is 4.10. The number of carbonyl (C=O) groups is 1. The summed E-state index contributed by atoms with van der Waals surface area (Å²) >= 11 is 0. The van der Waals surface area contributed by atoms with E-state index in [-0.39, 0.29) is 11.6 Å². The molecular weight excluding hydrogens is 202 g/mol. The van der Waals surface area contributed by atoms with Crippen molar-refractivity contribution in [3.05, 3.63) is 53.6 Å². The lowest BCUT2D eigenvalue weighted by Gasteiger charge is -2.04. The van der Waals surface area contributed by atoms with E-state index in [9.17, 15) is 4.79 Å². The van der Waals surface area contributed by atoms with E-state index in [1.54, 1.807) is 18.2 Å². The zero-order valence-corrected chi connectivity index (χ0v) is 8.84. The van der Waals surface area contributed by atoms with Crippen LogP contribution in [0.1, 0.15) is 21.7 Å². The maximum atomic E-state index is 12.0. The number of nitrogen functional groups attached to an aromatic ring is 1. The fourth-order valence-electron chi connectivity index (χ4n) is 1.40. The SMILES string of the molecule is Cc1ccc(N)c(C(=O)c2ncccn2)c1. The summed E-state index contributed by atoms with van der Waals surface area (Å²) in [6.07, 6.45) is 3.07. The second-order valence-corrected chi connectivity index (χ2v) is 3.49. The van der Waals surface area contributed by atoms with E-state index in [2.05, 4.69) is 9.97 Å². The Kier molecular flexibility index (Phi) is 2.64. The van der Waals surface area contributed by atoms with Gasteiger partial charge in [-0.2, -0.15) is 0 Å². The van der Waals surface area contributed by atoms with Gasteiger partial charge in [0.15, 0.2) is 0 Å². The quantitative estimate of drug-likeness (QED) is 0.607. The van der Waals surface area contributed by atoms with Crippen LogP contribution in [-0.4, -0.2) is 15.8 Å². The van der Waals surface area contributed by atoms with E-state index in [1.807, 2.05) is 13.0 Å². The van der Waals surface area contributed by atoms with Gasteiger partial charge in [0.25, 0.3) is 0 Å². The number of ketones is 1. The molecule has 0 spiro atoms. The maximum Gasteiger partial charge on any atom is 0.232 e. The topological polar surface area (TPSA) is 68.9 Å². The van der Waals surface area contributed by atoms with Gasteiger partial charge < -0.3 is 5.73 Å². The van der Waals surface area contributed by atoms with E-state index in [0.29, 0.717) is 11.3 Å². The number of hydrogen-bond donors (Lipinski definition) is 1. The van der Waals surface area contributed by atoms with Gasteiger partial charge in [0, 0.05) is 23.6 Å². The van der Waals surface area contributed by atoms with Gasteiger partial charge in [-0.25, -0.2) is 9.97 Å². The van der Waals surface area contributed by atoms with E-state index in [1.165, 1.54) is 12.4 Å². The molecule has 0 unspecified atom stereocenters. The van der Waals surface area contributed by atoms with Crippen LogP contribution < -0.4 is 5.73 Å². The number of anilines is 1. The second-order valence-electron chi connectivity index (χ2n) is 3.49. The molecule has 0 bridgehead atoms. The van der Waals surface area contributed by atoms with Gasteiger partial charge in [0.2, 0.25) is 11.6 Å². The zero-order chi connectivity index (χ0) is 11.5. The van der Waals surface area contributed by atoms with Crippen LogP contribution >= 0.6 is 0 Å². The molecule has 1 heterocycles. The Morgan fingerprint density at radius 1 is 1.25 bits per heavy atom. The van der Waals surface area contributed by atoms with E-state index in [0.717, 1.165) is 5.56 Å². The largest absolute Gasteiger partial charge is 0.398 e. The Bertz CT molecular complexity index is 523. The molecule has 2 aromatic rings. The highest BCUT2D eigenvalue weighted by molar-refractivity contribution is 6.09. The fraction of sp³-hybridized carbons (Fsp3) is 0.0833. The molecule has 1 aromatic carbocycles. The van der Waals surface area contributed by atoms with Gasteiger partial charge in [0.05, 0.1) is 0 Å². The Balaban J connectivity index is 2.46. The molecule has 2 N–H and O–H groups in total. The third-order valence-corrected chi connectivity index (χ3v) is 2.22. The molecule has 0 atom stereocenters. The van der Waals surface area contributed by atoms with Crippen molar-refractivity contribution in [2.75, 3.05) is 5.73 Å². The van der Waals surface area contributed by atoms with Crippen molar-refractivity contribution in [2.45, 2.75) is 6.92 Å². The normalized spacial score (nSPS) is 10.1. The summed E-state index contributed by atoms with van der Waals surface area (Å²) < 4.78 is 0. The molecular formula is C12H11N3O. The van der Waals surface area contributed by atoms with Gasteiger partial charge in [-0.1, -0.05) is 11.6 Å². The predicted molar refractivity (Wildman–Crippen MR) is 61.1 cm³/mol. The molecule has 0 aliphatic rings. The first kappa shape index (κ1) is 10.3. The summed E-state index contributed by atoms with van der Waals surface area (Å²) in [4.78, 5) is 19.8. The number of nitrogens with zero attached hydrogens (tertiary/aromatic N) is 2. The van der Waals surface area contributed by atoms with Crippen LogP contribution in [0.5, 0.6) is 0 Å². The van der Waals surface area contributed by atoms with Crippen molar-refractivity contribution in [1.29, 1.82) is 0 Å². The molecule has 0 amide bonds. The van der Waals surface area contributed by atoms with Crippen molar-refractivity contribution >= 4 is 11.5 Å². The molecule has 80 valence electrons. The molecule has 1 aromatic heterocycles. The summed E-state index contributed by atoms with van der Waals surface area (Å²) in [5, 5.41) is 0. The van der Waals surface area contributed by atoms with Crippen molar-refractivity contribution in [3.63, 3.8) is 0 Å². The molecule has 0 saturated heterocycles. The third-order valence-electron chi connectivity index (χ3n) is 2.22. The maximum absolute atomic E-state index is 12.0. The van der Waals surface area contributed by atoms with Crippen molar-refractivity contribution in [3.8, 4) is 0 Å². The van der Waals surface area contributed by atoms with Gasteiger partial charge in [-0.15, -0.1) is 0 Å². The highest BCUT2D eigenvalue weighted by Crippen LogP contribution is 2.16. The van der Waals surface area contributed by atoms with Crippen LogP contribution in [0.3, 0.4) is 0 Å². The molecule has 4 heteroatoms. The average Bonchev–Trinajstić information content (AvgIpc) is 2.32. The smallest absolute Gasteiger partial charge is 0.232 e. The third kappa shape index (κ3) is 1.91. The van der Waals surface area contributed by atoms with Gasteiger partial charge in [-0.05, 0) is 25.1 Å². The molecule has 16 heavy (non-hydrogen) atoms. The highest BCUT2D eigenvalue weighted by atomic mass is 16.1. The predicted octanol–water partition coefficient (Wildman–Crippen LogP) is 1.60. The monoisotopic (exact) mass is 213 g/mol.